The van der Waals surface area contributed by atoms with Crippen molar-refractivity contribution in [1.82, 2.24) is 4.98 Å². The van der Waals surface area contributed by atoms with Crippen molar-refractivity contribution in [3.05, 3.63) is 78.6 Å². The van der Waals surface area contributed by atoms with Crippen molar-refractivity contribution in [2.75, 3.05) is 22.9 Å². The van der Waals surface area contributed by atoms with E-state index in [1.165, 1.54) is 11.4 Å². The van der Waals surface area contributed by atoms with E-state index in [1.54, 1.807) is 84.8 Å². The molecule has 6 nitrogen and oxygen atoms in total. The Balaban J connectivity index is 1.77. The lowest BCUT2D eigenvalue weighted by Crippen LogP contribution is -2.26. The second kappa shape index (κ2) is 8.45. The van der Waals surface area contributed by atoms with E-state index in [4.69, 9.17) is 0 Å². The fourth-order valence-corrected chi connectivity index (χ4v) is 4.11. The van der Waals surface area contributed by atoms with E-state index < -0.39 is 10.0 Å². The first kappa shape index (κ1) is 19.9. The summed E-state index contributed by atoms with van der Waals surface area (Å²) in [6, 6.07) is 16.6. The zero-order chi connectivity index (χ0) is 20.1. The summed E-state index contributed by atoms with van der Waals surface area (Å²) >= 11 is 1.55. The van der Waals surface area contributed by atoms with Gasteiger partial charge in [-0.15, -0.1) is 11.8 Å². The van der Waals surface area contributed by atoms with Crippen LogP contribution in [0.1, 0.15) is 10.4 Å². The van der Waals surface area contributed by atoms with Gasteiger partial charge in [0, 0.05) is 23.7 Å². The number of benzene rings is 2. The second-order valence-electron chi connectivity index (χ2n) is 5.89. The van der Waals surface area contributed by atoms with Crippen LogP contribution < -0.4 is 9.62 Å². The zero-order valence-electron chi connectivity index (χ0n) is 15.4. The maximum Gasteiger partial charge on any atom is 0.264 e. The molecule has 0 bridgehead atoms. The molecule has 0 atom stereocenters. The van der Waals surface area contributed by atoms with E-state index in [-0.39, 0.29) is 10.8 Å². The molecule has 28 heavy (non-hydrogen) atoms. The first-order valence-corrected chi connectivity index (χ1v) is 11.0. The number of hydrogen-bond donors (Lipinski definition) is 1. The number of aromatic nitrogens is 1. The lowest BCUT2D eigenvalue weighted by molar-refractivity contribution is 0.102. The van der Waals surface area contributed by atoms with Gasteiger partial charge in [-0.3, -0.25) is 14.1 Å². The first-order chi connectivity index (χ1) is 13.4. The lowest BCUT2D eigenvalue weighted by Gasteiger charge is -2.20. The van der Waals surface area contributed by atoms with E-state index in [0.717, 1.165) is 4.90 Å². The Labute approximate surface area is 168 Å². The summed E-state index contributed by atoms with van der Waals surface area (Å²) in [5.41, 5.74) is 1.47. The maximum absolute atomic E-state index is 12.8. The van der Waals surface area contributed by atoms with Crippen molar-refractivity contribution in [1.29, 1.82) is 0 Å². The van der Waals surface area contributed by atoms with Crippen LogP contribution >= 0.6 is 11.8 Å². The third-order valence-corrected chi connectivity index (χ3v) is 6.67. The Morgan fingerprint density at radius 2 is 1.71 bits per heavy atom. The average Bonchev–Trinajstić information content (AvgIpc) is 2.74. The number of anilines is 2. The monoisotopic (exact) mass is 413 g/mol. The van der Waals surface area contributed by atoms with Crippen LogP contribution in [-0.4, -0.2) is 32.6 Å². The molecule has 1 heterocycles. The van der Waals surface area contributed by atoms with Gasteiger partial charge >= 0.3 is 0 Å². The molecule has 1 amide bonds. The minimum Gasteiger partial charge on any atom is -0.321 e. The fourth-order valence-electron chi connectivity index (χ4n) is 2.51. The van der Waals surface area contributed by atoms with Gasteiger partial charge in [-0.2, -0.15) is 0 Å². The third kappa shape index (κ3) is 4.35. The minimum atomic E-state index is -3.68. The Morgan fingerprint density at radius 3 is 2.29 bits per heavy atom. The quantitative estimate of drug-likeness (QED) is 0.621. The van der Waals surface area contributed by atoms with Crippen LogP contribution in [0.3, 0.4) is 0 Å². The molecule has 0 fully saturated rings. The Bertz CT molecular complexity index is 1050. The van der Waals surface area contributed by atoms with Gasteiger partial charge in [0.1, 0.15) is 0 Å². The molecule has 3 rings (SSSR count). The normalized spacial score (nSPS) is 11.1. The number of hydrogen-bond acceptors (Lipinski definition) is 5. The topological polar surface area (TPSA) is 79.4 Å². The third-order valence-electron chi connectivity index (χ3n) is 4.13. The number of amides is 1. The van der Waals surface area contributed by atoms with Gasteiger partial charge < -0.3 is 5.32 Å². The van der Waals surface area contributed by atoms with Gasteiger partial charge in [-0.25, -0.2) is 8.42 Å². The number of carbonyl (C=O) groups excluding carboxylic acids is 1. The van der Waals surface area contributed by atoms with Gasteiger partial charge in [-0.05, 0) is 66.9 Å². The van der Waals surface area contributed by atoms with E-state index in [0.29, 0.717) is 16.9 Å². The summed E-state index contributed by atoms with van der Waals surface area (Å²) < 4.78 is 26.8. The van der Waals surface area contributed by atoms with Crippen molar-refractivity contribution >= 4 is 39.1 Å². The highest BCUT2D eigenvalue weighted by Crippen LogP contribution is 2.24. The summed E-state index contributed by atoms with van der Waals surface area (Å²) in [7, 11) is -2.19. The van der Waals surface area contributed by atoms with Crippen LogP contribution in [0.15, 0.2) is 82.8 Å². The van der Waals surface area contributed by atoms with Crippen molar-refractivity contribution < 1.29 is 13.2 Å². The summed E-state index contributed by atoms with van der Waals surface area (Å²) in [6.07, 6.45) is 5.10. The molecule has 1 N–H and O–H groups in total. The second-order valence-corrected chi connectivity index (χ2v) is 8.74. The highest BCUT2D eigenvalue weighted by molar-refractivity contribution is 7.98. The van der Waals surface area contributed by atoms with E-state index in [1.807, 2.05) is 6.26 Å². The largest absolute Gasteiger partial charge is 0.321 e. The number of sulfonamides is 1. The number of pyridine rings is 1. The predicted molar refractivity (Wildman–Crippen MR) is 112 cm³/mol. The van der Waals surface area contributed by atoms with Crippen LogP contribution in [0.4, 0.5) is 11.4 Å². The zero-order valence-corrected chi connectivity index (χ0v) is 17.0. The Hall–Kier alpha value is -2.84. The van der Waals surface area contributed by atoms with E-state index in [9.17, 15) is 13.2 Å². The molecule has 0 unspecified atom stereocenters. The predicted octanol–water partition coefficient (Wildman–Crippen LogP) is 3.88. The molecule has 1 aromatic heterocycles. The number of rotatable bonds is 6. The highest BCUT2D eigenvalue weighted by Gasteiger charge is 2.21. The number of nitrogens with zero attached hydrogens (tertiary/aromatic N) is 2. The molecular formula is C20H19N3O3S2. The molecular weight excluding hydrogens is 394 g/mol. The highest BCUT2D eigenvalue weighted by atomic mass is 32.2. The SMILES string of the molecule is CSc1ccc(S(=O)(=O)N(C)c2ccc(C(=O)Nc3cccnc3)cc2)cc1. The average molecular weight is 414 g/mol. The molecule has 0 aliphatic rings. The number of thioether (sulfide) groups is 1. The van der Waals surface area contributed by atoms with Crippen LogP contribution in [0.2, 0.25) is 0 Å². The summed E-state index contributed by atoms with van der Waals surface area (Å²) in [5.74, 6) is -0.294. The van der Waals surface area contributed by atoms with Crippen LogP contribution in [-0.2, 0) is 10.0 Å². The Kier molecular flexibility index (Phi) is 6.01. The molecule has 0 saturated carbocycles. The van der Waals surface area contributed by atoms with E-state index >= 15 is 0 Å². The number of nitrogens with one attached hydrogen (secondary N) is 1. The van der Waals surface area contributed by atoms with Crippen molar-refractivity contribution in [3.63, 3.8) is 0 Å². The molecule has 0 radical (unpaired) electrons. The van der Waals surface area contributed by atoms with Gasteiger partial charge in [0.05, 0.1) is 22.5 Å². The summed E-state index contributed by atoms with van der Waals surface area (Å²) in [6.45, 7) is 0. The first-order valence-electron chi connectivity index (χ1n) is 8.36. The van der Waals surface area contributed by atoms with Gasteiger partial charge in [0.25, 0.3) is 15.9 Å². The maximum atomic E-state index is 12.8. The van der Waals surface area contributed by atoms with Gasteiger partial charge in [0.15, 0.2) is 0 Å². The van der Waals surface area contributed by atoms with Crippen molar-refractivity contribution in [3.8, 4) is 0 Å². The summed E-state index contributed by atoms with van der Waals surface area (Å²) in [5, 5.41) is 2.74. The van der Waals surface area contributed by atoms with Crippen LogP contribution in [0.5, 0.6) is 0 Å². The molecule has 2 aromatic carbocycles. The minimum absolute atomic E-state index is 0.214. The van der Waals surface area contributed by atoms with Gasteiger partial charge in [0.2, 0.25) is 0 Å². The molecule has 8 heteroatoms. The lowest BCUT2D eigenvalue weighted by atomic mass is 10.2. The standard InChI is InChI=1S/C20H19N3O3S2/c1-23(28(25,26)19-11-9-18(27-2)10-12-19)17-7-5-15(6-8-17)20(24)22-16-4-3-13-21-14-16/h3-14H,1-2H3,(H,22,24). The van der Waals surface area contributed by atoms with Crippen molar-refractivity contribution in [2.24, 2.45) is 0 Å². The van der Waals surface area contributed by atoms with Crippen LogP contribution in [0, 0.1) is 0 Å². The molecule has 0 aliphatic carbocycles. The fraction of sp³-hybridized carbons (Fsp3) is 0.100. The molecule has 144 valence electrons. The Morgan fingerprint density at radius 1 is 1.04 bits per heavy atom. The van der Waals surface area contributed by atoms with Crippen molar-refractivity contribution in [2.45, 2.75) is 9.79 Å². The smallest absolute Gasteiger partial charge is 0.264 e. The van der Waals surface area contributed by atoms with Crippen LogP contribution in [0.25, 0.3) is 0 Å². The molecule has 3 aromatic rings. The summed E-state index contributed by atoms with van der Waals surface area (Å²) in [4.78, 5) is 17.5. The number of carbonyl (C=O) groups is 1. The van der Waals surface area contributed by atoms with E-state index in [2.05, 4.69) is 10.3 Å². The van der Waals surface area contributed by atoms with Gasteiger partial charge in [-0.1, -0.05) is 0 Å². The molecule has 0 aliphatic heterocycles. The molecule has 0 saturated heterocycles. The molecule has 0 spiro atoms.